The molecule has 1 rings (SSSR count). The van der Waals surface area contributed by atoms with Crippen molar-refractivity contribution in [2.45, 2.75) is 13.8 Å². The molecule has 0 aromatic heterocycles. The molecule has 0 aliphatic heterocycles. The number of carboxylic acid groups (broad SMARTS) is 1. The molecule has 0 fully saturated rings. The average molecular weight is 331 g/mol. The highest BCUT2D eigenvalue weighted by molar-refractivity contribution is 9.10. The topological polar surface area (TPSA) is 72.8 Å². The molecule has 5 nitrogen and oxygen atoms in total. The second kappa shape index (κ2) is 6.06. The molecule has 0 aliphatic rings. The van der Waals surface area contributed by atoms with Crippen molar-refractivity contribution < 1.29 is 24.2 Å². The van der Waals surface area contributed by atoms with Gasteiger partial charge < -0.3 is 14.6 Å². The standard InChI is InChI=1S/C13H15BrO5/c1-13(2,12(17)18-3)7-19-10-5-4-8(11(15)16)6-9(10)14/h4-6H,7H2,1-3H3,(H,15,16). The number of esters is 1. The van der Waals surface area contributed by atoms with E-state index < -0.39 is 11.4 Å². The minimum atomic E-state index is -1.01. The van der Waals surface area contributed by atoms with Gasteiger partial charge in [0.25, 0.3) is 0 Å². The predicted molar refractivity (Wildman–Crippen MR) is 72.4 cm³/mol. The third kappa shape index (κ3) is 3.96. The molecule has 0 saturated carbocycles. The number of rotatable bonds is 5. The molecule has 6 heteroatoms. The molecular weight excluding hydrogens is 316 g/mol. The van der Waals surface area contributed by atoms with E-state index in [1.54, 1.807) is 19.9 Å². The highest BCUT2D eigenvalue weighted by Crippen LogP contribution is 2.28. The Morgan fingerprint density at radius 3 is 2.47 bits per heavy atom. The molecule has 0 unspecified atom stereocenters. The number of carbonyl (C=O) groups excluding carboxylic acids is 1. The molecule has 0 aliphatic carbocycles. The summed E-state index contributed by atoms with van der Waals surface area (Å²) in [6.45, 7) is 3.54. The zero-order valence-electron chi connectivity index (χ0n) is 10.9. The fraction of sp³-hybridized carbons (Fsp3) is 0.385. The summed E-state index contributed by atoms with van der Waals surface area (Å²) < 4.78 is 10.7. The van der Waals surface area contributed by atoms with Crippen molar-refractivity contribution in [2.75, 3.05) is 13.7 Å². The second-order valence-electron chi connectivity index (χ2n) is 4.61. The second-order valence-corrected chi connectivity index (χ2v) is 5.47. The lowest BCUT2D eigenvalue weighted by Crippen LogP contribution is -2.32. The summed E-state index contributed by atoms with van der Waals surface area (Å²) in [6.07, 6.45) is 0. The number of aromatic carboxylic acids is 1. The van der Waals surface area contributed by atoms with Gasteiger partial charge in [-0.15, -0.1) is 0 Å². The molecule has 104 valence electrons. The number of carboxylic acids is 1. The molecule has 0 bridgehead atoms. The Labute approximate surface area is 119 Å². The number of carbonyl (C=O) groups is 2. The number of benzene rings is 1. The van der Waals surface area contributed by atoms with E-state index in [1.807, 2.05) is 0 Å². The molecule has 19 heavy (non-hydrogen) atoms. The van der Waals surface area contributed by atoms with Gasteiger partial charge in [0.05, 0.1) is 22.6 Å². The maximum Gasteiger partial charge on any atom is 0.335 e. The van der Waals surface area contributed by atoms with Gasteiger partial charge in [0.2, 0.25) is 0 Å². The minimum Gasteiger partial charge on any atom is -0.491 e. The Balaban J connectivity index is 2.79. The van der Waals surface area contributed by atoms with E-state index in [0.29, 0.717) is 10.2 Å². The van der Waals surface area contributed by atoms with E-state index in [0.717, 1.165) is 0 Å². The maximum atomic E-state index is 11.5. The molecule has 1 aromatic carbocycles. The first kappa shape index (κ1) is 15.5. The van der Waals surface area contributed by atoms with Crippen molar-refractivity contribution in [3.05, 3.63) is 28.2 Å². The van der Waals surface area contributed by atoms with Crippen LogP contribution in [0.3, 0.4) is 0 Å². The summed E-state index contributed by atoms with van der Waals surface area (Å²) in [5.74, 6) is -0.908. The maximum absolute atomic E-state index is 11.5. The molecule has 0 atom stereocenters. The fourth-order valence-electron chi connectivity index (χ4n) is 1.34. The van der Waals surface area contributed by atoms with E-state index in [4.69, 9.17) is 9.84 Å². The molecule has 1 aromatic rings. The van der Waals surface area contributed by atoms with Gasteiger partial charge in [-0.2, -0.15) is 0 Å². The largest absolute Gasteiger partial charge is 0.491 e. The first-order valence-corrected chi connectivity index (χ1v) is 6.31. The number of ether oxygens (including phenoxy) is 2. The highest BCUT2D eigenvalue weighted by Gasteiger charge is 2.30. The Bertz CT molecular complexity index is 496. The van der Waals surface area contributed by atoms with Gasteiger partial charge in [-0.1, -0.05) is 0 Å². The van der Waals surface area contributed by atoms with Crippen LogP contribution in [-0.2, 0) is 9.53 Å². The molecule has 0 radical (unpaired) electrons. The smallest absolute Gasteiger partial charge is 0.335 e. The Hall–Kier alpha value is -1.56. The van der Waals surface area contributed by atoms with Crippen molar-refractivity contribution in [3.63, 3.8) is 0 Å². The van der Waals surface area contributed by atoms with Crippen molar-refractivity contribution in [3.8, 4) is 5.75 Å². The zero-order chi connectivity index (χ0) is 14.6. The van der Waals surface area contributed by atoms with Gasteiger partial charge >= 0.3 is 11.9 Å². The van der Waals surface area contributed by atoms with Crippen LogP contribution in [0.15, 0.2) is 22.7 Å². The van der Waals surface area contributed by atoms with Gasteiger partial charge in [-0.05, 0) is 48.0 Å². The van der Waals surface area contributed by atoms with Crippen LogP contribution in [-0.4, -0.2) is 30.8 Å². The van der Waals surface area contributed by atoms with Gasteiger partial charge in [0.15, 0.2) is 0 Å². The molecule has 0 saturated heterocycles. The van der Waals surface area contributed by atoms with Crippen LogP contribution in [0.1, 0.15) is 24.2 Å². The molecule has 0 heterocycles. The van der Waals surface area contributed by atoms with Crippen molar-refractivity contribution in [1.29, 1.82) is 0 Å². The first-order valence-electron chi connectivity index (χ1n) is 5.52. The summed E-state index contributed by atoms with van der Waals surface area (Å²) in [7, 11) is 1.32. The molecular formula is C13H15BrO5. The quantitative estimate of drug-likeness (QED) is 0.840. The van der Waals surface area contributed by atoms with Crippen LogP contribution in [0.25, 0.3) is 0 Å². The van der Waals surface area contributed by atoms with Crippen LogP contribution in [0.2, 0.25) is 0 Å². The number of hydrogen-bond acceptors (Lipinski definition) is 4. The van der Waals surface area contributed by atoms with Gasteiger partial charge in [0, 0.05) is 0 Å². The van der Waals surface area contributed by atoms with E-state index >= 15 is 0 Å². The zero-order valence-corrected chi connectivity index (χ0v) is 12.5. The van der Waals surface area contributed by atoms with Gasteiger partial charge in [-0.25, -0.2) is 4.79 Å². The number of halogens is 1. The number of hydrogen-bond donors (Lipinski definition) is 1. The van der Waals surface area contributed by atoms with Crippen molar-refractivity contribution >= 4 is 27.9 Å². The third-order valence-electron chi connectivity index (χ3n) is 2.51. The van der Waals surface area contributed by atoms with Crippen LogP contribution >= 0.6 is 15.9 Å². The van der Waals surface area contributed by atoms with Crippen LogP contribution in [0.4, 0.5) is 0 Å². The van der Waals surface area contributed by atoms with E-state index in [2.05, 4.69) is 20.7 Å². The van der Waals surface area contributed by atoms with Crippen molar-refractivity contribution in [2.24, 2.45) is 5.41 Å². The lowest BCUT2D eigenvalue weighted by molar-refractivity contribution is -0.152. The number of methoxy groups -OCH3 is 1. The van der Waals surface area contributed by atoms with Gasteiger partial charge in [-0.3, -0.25) is 4.79 Å². The van der Waals surface area contributed by atoms with Gasteiger partial charge in [0.1, 0.15) is 12.4 Å². The lowest BCUT2D eigenvalue weighted by Gasteiger charge is -2.22. The van der Waals surface area contributed by atoms with E-state index in [9.17, 15) is 9.59 Å². The minimum absolute atomic E-state index is 0.130. The Kier molecular flexibility index (Phi) is 4.94. The fourth-order valence-corrected chi connectivity index (χ4v) is 1.84. The summed E-state index contributed by atoms with van der Waals surface area (Å²) in [5, 5.41) is 8.84. The molecule has 0 spiro atoms. The summed E-state index contributed by atoms with van der Waals surface area (Å²) in [4.78, 5) is 22.3. The van der Waals surface area contributed by atoms with Crippen LogP contribution in [0.5, 0.6) is 5.75 Å². The summed E-state index contributed by atoms with van der Waals surface area (Å²) >= 11 is 3.23. The predicted octanol–water partition coefficient (Wildman–Crippen LogP) is 2.73. The Morgan fingerprint density at radius 1 is 1.37 bits per heavy atom. The van der Waals surface area contributed by atoms with E-state index in [-0.39, 0.29) is 18.1 Å². The summed E-state index contributed by atoms with van der Waals surface area (Å²) in [6, 6.07) is 4.43. The van der Waals surface area contributed by atoms with Crippen LogP contribution < -0.4 is 4.74 Å². The van der Waals surface area contributed by atoms with E-state index in [1.165, 1.54) is 19.2 Å². The summed E-state index contributed by atoms with van der Waals surface area (Å²) in [5.41, 5.74) is -0.619. The average Bonchev–Trinajstić information content (AvgIpc) is 2.36. The molecule has 0 amide bonds. The van der Waals surface area contributed by atoms with Crippen molar-refractivity contribution in [1.82, 2.24) is 0 Å². The monoisotopic (exact) mass is 330 g/mol. The lowest BCUT2D eigenvalue weighted by atomic mass is 9.95. The highest BCUT2D eigenvalue weighted by atomic mass is 79.9. The normalized spacial score (nSPS) is 10.9. The third-order valence-corrected chi connectivity index (χ3v) is 3.13. The Morgan fingerprint density at radius 2 is 2.00 bits per heavy atom. The first-order chi connectivity index (χ1) is 8.77. The molecule has 1 N–H and O–H groups in total. The SMILES string of the molecule is COC(=O)C(C)(C)COc1ccc(C(=O)O)cc1Br. The van der Waals surface area contributed by atoms with Crippen LogP contribution in [0, 0.1) is 5.41 Å².